The number of anilines is 1. The van der Waals surface area contributed by atoms with E-state index in [4.69, 9.17) is 4.74 Å². The number of fused-ring (bicyclic) bond motifs is 5. The molecule has 0 bridgehead atoms. The molecule has 2 nitrogen and oxygen atoms in total. The molecule has 2 aromatic carbocycles. The van der Waals surface area contributed by atoms with Crippen LogP contribution in [-0.4, -0.2) is 7.11 Å². The summed E-state index contributed by atoms with van der Waals surface area (Å²) in [5.41, 5.74) is 6.95. The summed E-state index contributed by atoms with van der Waals surface area (Å²) < 4.78 is 5.42. The summed E-state index contributed by atoms with van der Waals surface area (Å²) in [6.45, 7) is 2.15. The second kappa shape index (κ2) is 3.77. The molecule has 1 heterocycles. The summed E-state index contributed by atoms with van der Waals surface area (Å²) in [5, 5.41) is 3.72. The zero-order chi connectivity index (χ0) is 13.0. The number of nitrogens with one attached hydrogen (secondary N) is 1. The SMILES string of the molecule is COc1cc(C)c2c(c1)[C@@H]1Cc3ccccc3[C@@H]1N2. The minimum Gasteiger partial charge on any atom is -0.497 e. The first-order chi connectivity index (χ1) is 9.28. The lowest BCUT2D eigenvalue weighted by molar-refractivity contribution is 0.414. The highest BCUT2D eigenvalue weighted by atomic mass is 16.5. The van der Waals surface area contributed by atoms with E-state index >= 15 is 0 Å². The lowest BCUT2D eigenvalue weighted by atomic mass is 9.94. The molecule has 2 aromatic rings. The molecule has 0 spiro atoms. The van der Waals surface area contributed by atoms with Gasteiger partial charge in [-0.15, -0.1) is 0 Å². The van der Waals surface area contributed by atoms with Crippen LogP contribution in [0.25, 0.3) is 0 Å². The maximum Gasteiger partial charge on any atom is 0.119 e. The maximum atomic E-state index is 5.42. The average Bonchev–Trinajstić information content (AvgIpc) is 2.95. The lowest BCUT2D eigenvalue weighted by Gasteiger charge is -2.12. The first kappa shape index (κ1) is 10.9. The normalized spacial score (nSPS) is 22.4. The summed E-state index contributed by atoms with van der Waals surface area (Å²) in [6.07, 6.45) is 1.13. The predicted molar refractivity (Wildman–Crippen MR) is 77.0 cm³/mol. The number of aryl methyl sites for hydroxylation is 1. The smallest absolute Gasteiger partial charge is 0.119 e. The number of hydrogen-bond donors (Lipinski definition) is 1. The van der Waals surface area contributed by atoms with Crippen molar-refractivity contribution in [2.45, 2.75) is 25.3 Å². The van der Waals surface area contributed by atoms with E-state index in [0.29, 0.717) is 12.0 Å². The number of hydrogen-bond acceptors (Lipinski definition) is 2. The Morgan fingerprint density at radius 1 is 1.16 bits per heavy atom. The highest BCUT2D eigenvalue weighted by Gasteiger charge is 2.40. The minimum atomic E-state index is 0.442. The minimum absolute atomic E-state index is 0.442. The van der Waals surface area contributed by atoms with E-state index in [1.54, 1.807) is 7.11 Å². The average molecular weight is 251 g/mol. The largest absolute Gasteiger partial charge is 0.497 e. The molecule has 2 atom stereocenters. The van der Waals surface area contributed by atoms with Gasteiger partial charge in [-0.2, -0.15) is 0 Å². The van der Waals surface area contributed by atoms with E-state index in [1.807, 2.05) is 0 Å². The zero-order valence-electron chi connectivity index (χ0n) is 11.2. The molecule has 0 amide bonds. The summed E-state index contributed by atoms with van der Waals surface area (Å²) in [6, 6.07) is 13.5. The van der Waals surface area contributed by atoms with Crippen molar-refractivity contribution in [3.8, 4) is 5.75 Å². The highest BCUT2D eigenvalue weighted by Crippen LogP contribution is 2.53. The van der Waals surface area contributed by atoms with Crippen LogP contribution in [0.3, 0.4) is 0 Å². The van der Waals surface area contributed by atoms with Crippen LogP contribution in [-0.2, 0) is 6.42 Å². The third-order valence-corrected chi connectivity index (χ3v) is 4.51. The van der Waals surface area contributed by atoms with Crippen molar-refractivity contribution < 1.29 is 4.74 Å². The molecule has 19 heavy (non-hydrogen) atoms. The number of methoxy groups -OCH3 is 1. The van der Waals surface area contributed by atoms with Crippen LogP contribution in [0.5, 0.6) is 5.75 Å². The molecule has 4 rings (SSSR count). The van der Waals surface area contributed by atoms with E-state index in [0.717, 1.165) is 12.2 Å². The molecule has 0 saturated carbocycles. The van der Waals surface area contributed by atoms with Crippen LogP contribution in [0.2, 0.25) is 0 Å². The van der Waals surface area contributed by atoms with E-state index in [-0.39, 0.29) is 0 Å². The van der Waals surface area contributed by atoms with Gasteiger partial charge in [0.05, 0.1) is 13.2 Å². The van der Waals surface area contributed by atoms with Gasteiger partial charge in [0, 0.05) is 11.6 Å². The standard InChI is InChI=1S/C17H17NO/c1-10-7-12(19-2)9-15-14-8-11-5-3-4-6-13(11)17(14)18-16(10)15/h3-7,9,14,17-18H,8H2,1-2H3/t14-,17-/m0/s1. The van der Waals surface area contributed by atoms with Crippen molar-refractivity contribution in [2.24, 2.45) is 0 Å². The van der Waals surface area contributed by atoms with Gasteiger partial charge in [-0.3, -0.25) is 0 Å². The third-order valence-electron chi connectivity index (χ3n) is 4.51. The van der Waals surface area contributed by atoms with Gasteiger partial charge in [0.15, 0.2) is 0 Å². The fourth-order valence-corrected chi connectivity index (χ4v) is 3.61. The van der Waals surface area contributed by atoms with Gasteiger partial charge < -0.3 is 10.1 Å². The van der Waals surface area contributed by atoms with Crippen LogP contribution in [0.1, 0.15) is 34.2 Å². The van der Waals surface area contributed by atoms with Crippen molar-refractivity contribution in [1.29, 1.82) is 0 Å². The summed E-state index contributed by atoms with van der Waals surface area (Å²) in [4.78, 5) is 0. The Kier molecular flexibility index (Phi) is 2.16. The number of rotatable bonds is 1. The highest BCUT2D eigenvalue weighted by molar-refractivity contribution is 5.69. The Labute approximate surface area is 113 Å². The molecule has 0 saturated heterocycles. The van der Waals surface area contributed by atoms with E-state index in [9.17, 15) is 0 Å². The molecular weight excluding hydrogens is 234 g/mol. The topological polar surface area (TPSA) is 21.3 Å². The van der Waals surface area contributed by atoms with E-state index in [2.05, 4.69) is 48.6 Å². The van der Waals surface area contributed by atoms with E-state index in [1.165, 1.54) is 27.9 Å². The van der Waals surface area contributed by atoms with Gasteiger partial charge in [-0.25, -0.2) is 0 Å². The van der Waals surface area contributed by atoms with Crippen LogP contribution < -0.4 is 10.1 Å². The zero-order valence-corrected chi connectivity index (χ0v) is 11.2. The lowest BCUT2D eigenvalue weighted by Crippen LogP contribution is -2.05. The fraction of sp³-hybridized carbons (Fsp3) is 0.294. The van der Waals surface area contributed by atoms with Gasteiger partial charge in [0.2, 0.25) is 0 Å². The predicted octanol–water partition coefficient (Wildman–Crippen LogP) is 3.81. The fourth-order valence-electron chi connectivity index (χ4n) is 3.61. The van der Waals surface area contributed by atoms with Crippen molar-refractivity contribution in [3.63, 3.8) is 0 Å². The molecule has 1 aliphatic heterocycles. The Bertz CT molecular complexity index is 662. The molecule has 0 radical (unpaired) electrons. The van der Waals surface area contributed by atoms with Gasteiger partial charge in [0.1, 0.15) is 5.75 Å². The van der Waals surface area contributed by atoms with Crippen molar-refractivity contribution in [1.82, 2.24) is 0 Å². The first-order valence-corrected chi connectivity index (χ1v) is 6.81. The molecule has 1 N–H and O–H groups in total. The van der Waals surface area contributed by atoms with Crippen LogP contribution in [0.4, 0.5) is 5.69 Å². The van der Waals surface area contributed by atoms with Crippen LogP contribution in [0, 0.1) is 6.92 Å². The summed E-state index contributed by atoms with van der Waals surface area (Å²) in [5.74, 6) is 1.52. The molecule has 0 fully saturated rings. The Balaban J connectivity index is 1.84. The van der Waals surface area contributed by atoms with Gasteiger partial charge >= 0.3 is 0 Å². The molecule has 0 unspecified atom stereocenters. The summed E-state index contributed by atoms with van der Waals surface area (Å²) in [7, 11) is 1.74. The Morgan fingerprint density at radius 2 is 2.00 bits per heavy atom. The van der Waals surface area contributed by atoms with E-state index < -0.39 is 0 Å². The molecule has 1 aliphatic carbocycles. The van der Waals surface area contributed by atoms with Crippen molar-refractivity contribution in [3.05, 3.63) is 58.7 Å². The second-order valence-electron chi connectivity index (χ2n) is 5.54. The van der Waals surface area contributed by atoms with Gasteiger partial charge in [-0.05, 0) is 47.7 Å². The number of benzene rings is 2. The third kappa shape index (κ3) is 1.43. The summed E-state index contributed by atoms with van der Waals surface area (Å²) >= 11 is 0. The molecular formula is C17H17NO. The van der Waals surface area contributed by atoms with Crippen molar-refractivity contribution in [2.75, 3.05) is 12.4 Å². The Hall–Kier alpha value is -1.96. The van der Waals surface area contributed by atoms with Crippen LogP contribution in [0.15, 0.2) is 36.4 Å². The molecule has 2 aliphatic rings. The van der Waals surface area contributed by atoms with Crippen LogP contribution >= 0.6 is 0 Å². The van der Waals surface area contributed by atoms with Crippen molar-refractivity contribution >= 4 is 5.69 Å². The maximum absolute atomic E-state index is 5.42. The first-order valence-electron chi connectivity index (χ1n) is 6.81. The number of ether oxygens (including phenoxy) is 1. The van der Waals surface area contributed by atoms with Gasteiger partial charge in [-0.1, -0.05) is 24.3 Å². The monoisotopic (exact) mass is 251 g/mol. The van der Waals surface area contributed by atoms with Gasteiger partial charge in [0.25, 0.3) is 0 Å². The molecule has 0 aromatic heterocycles. The molecule has 2 heteroatoms. The second-order valence-corrected chi connectivity index (χ2v) is 5.54. The Morgan fingerprint density at radius 3 is 2.84 bits per heavy atom. The molecule has 96 valence electrons. The quantitative estimate of drug-likeness (QED) is 0.832.